The van der Waals surface area contributed by atoms with E-state index in [2.05, 4.69) is 33.3 Å². The predicted octanol–water partition coefficient (Wildman–Crippen LogP) is 2.64. The van der Waals surface area contributed by atoms with Gasteiger partial charge >= 0.3 is 0 Å². The van der Waals surface area contributed by atoms with Crippen LogP contribution in [0.2, 0.25) is 0 Å². The molecule has 0 radical (unpaired) electrons. The molecule has 0 saturated heterocycles. The lowest BCUT2D eigenvalue weighted by atomic mass is 9.94. The van der Waals surface area contributed by atoms with E-state index in [1.54, 1.807) is 12.4 Å². The molecule has 1 aliphatic carbocycles. The molecule has 0 saturated carbocycles. The second-order valence-corrected chi connectivity index (χ2v) is 5.26. The number of aryl methyl sites for hydroxylation is 1. The average molecular weight is 268 g/mol. The molecule has 2 heterocycles. The Morgan fingerprint density at radius 1 is 1.30 bits per heavy atom. The van der Waals surface area contributed by atoms with Crippen LogP contribution in [0.15, 0.2) is 36.9 Å². The zero-order valence-corrected chi connectivity index (χ0v) is 11.8. The van der Waals surface area contributed by atoms with Gasteiger partial charge in [-0.1, -0.05) is 13.0 Å². The third kappa shape index (κ3) is 2.56. The maximum atomic E-state index is 4.61. The monoisotopic (exact) mass is 268 g/mol. The van der Waals surface area contributed by atoms with E-state index in [-0.39, 0.29) is 6.04 Å². The van der Waals surface area contributed by atoms with Gasteiger partial charge in [0.05, 0.1) is 11.7 Å². The smallest absolute Gasteiger partial charge is 0.0762 e. The molecule has 0 aliphatic heterocycles. The fourth-order valence-corrected chi connectivity index (χ4v) is 2.99. The van der Waals surface area contributed by atoms with Crippen molar-refractivity contribution >= 4 is 0 Å². The number of aromatic nitrogens is 3. The third-order valence-electron chi connectivity index (χ3n) is 3.92. The minimum atomic E-state index is 0.208. The van der Waals surface area contributed by atoms with Crippen LogP contribution in [0.1, 0.15) is 48.7 Å². The standard InChI is InChI=1S/C16H20N4/c1-2-7-19-16(14-11-17-9-10-18-14)13-6-5-12-4-3-8-20-15(12)13/h3-4,8-11,13,16,19H,2,5-7H2,1H3. The summed E-state index contributed by atoms with van der Waals surface area (Å²) >= 11 is 0. The quantitative estimate of drug-likeness (QED) is 0.905. The zero-order chi connectivity index (χ0) is 13.8. The summed E-state index contributed by atoms with van der Waals surface area (Å²) < 4.78 is 0. The second-order valence-electron chi connectivity index (χ2n) is 5.26. The molecule has 0 aromatic carbocycles. The van der Waals surface area contributed by atoms with Gasteiger partial charge in [-0.15, -0.1) is 0 Å². The topological polar surface area (TPSA) is 50.7 Å². The van der Waals surface area contributed by atoms with Gasteiger partial charge in [-0.25, -0.2) is 0 Å². The Morgan fingerprint density at radius 2 is 2.25 bits per heavy atom. The van der Waals surface area contributed by atoms with Crippen LogP contribution in [0.5, 0.6) is 0 Å². The number of fused-ring (bicyclic) bond motifs is 1. The summed E-state index contributed by atoms with van der Waals surface area (Å²) in [5, 5.41) is 3.63. The first kappa shape index (κ1) is 13.2. The van der Waals surface area contributed by atoms with Crippen LogP contribution in [0.25, 0.3) is 0 Å². The molecule has 0 amide bonds. The van der Waals surface area contributed by atoms with E-state index in [9.17, 15) is 0 Å². The van der Waals surface area contributed by atoms with Crippen LogP contribution in [0.4, 0.5) is 0 Å². The van der Waals surface area contributed by atoms with Gasteiger partial charge in [0, 0.05) is 36.4 Å². The Kier molecular flexibility index (Phi) is 4.02. The van der Waals surface area contributed by atoms with E-state index in [1.807, 2.05) is 18.5 Å². The summed E-state index contributed by atoms with van der Waals surface area (Å²) in [7, 11) is 0. The maximum Gasteiger partial charge on any atom is 0.0762 e. The van der Waals surface area contributed by atoms with Crippen molar-refractivity contribution in [3.05, 3.63) is 53.9 Å². The van der Waals surface area contributed by atoms with Gasteiger partial charge in [0.2, 0.25) is 0 Å². The molecule has 3 rings (SSSR count). The van der Waals surface area contributed by atoms with Crippen molar-refractivity contribution in [2.75, 3.05) is 6.54 Å². The first-order valence-corrected chi connectivity index (χ1v) is 7.33. The van der Waals surface area contributed by atoms with Crippen molar-refractivity contribution in [3.63, 3.8) is 0 Å². The second kappa shape index (κ2) is 6.09. The Bertz CT molecular complexity index is 555. The number of hydrogen-bond donors (Lipinski definition) is 1. The SMILES string of the molecule is CCCNC(c1cnccn1)C1CCc2cccnc21. The molecule has 4 heteroatoms. The molecule has 20 heavy (non-hydrogen) atoms. The van der Waals surface area contributed by atoms with Crippen molar-refractivity contribution in [1.29, 1.82) is 0 Å². The third-order valence-corrected chi connectivity index (χ3v) is 3.92. The van der Waals surface area contributed by atoms with Crippen molar-refractivity contribution in [2.45, 2.75) is 38.1 Å². The van der Waals surface area contributed by atoms with Crippen LogP contribution in [0.3, 0.4) is 0 Å². The Hall–Kier alpha value is -1.81. The van der Waals surface area contributed by atoms with Gasteiger partial charge in [0.1, 0.15) is 0 Å². The molecular weight excluding hydrogens is 248 g/mol. The fraction of sp³-hybridized carbons (Fsp3) is 0.438. The number of pyridine rings is 1. The van der Waals surface area contributed by atoms with Gasteiger partial charge in [0.25, 0.3) is 0 Å². The van der Waals surface area contributed by atoms with Crippen LogP contribution >= 0.6 is 0 Å². The van der Waals surface area contributed by atoms with Crippen LogP contribution in [-0.2, 0) is 6.42 Å². The molecule has 104 valence electrons. The Balaban J connectivity index is 1.91. The molecule has 0 bridgehead atoms. The van der Waals surface area contributed by atoms with Gasteiger partial charge in [-0.2, -0.15) is 0 Å². The van der Waals surface area contributed by atoms with E-state index < -0.39 is 0 Å². The van der Waals surface area contributed by atoms with E-state index in [1.165, 1.54) is 11.3 Å². The number of nitrogens with one attached hydrogen (secondary N) is 1. The highest BCUT2D eigenvalue weighted by atomic mass is 15.0. The maximum absolute atomic E-state index is 4.61. The molecule has 0 fully saturated rings. The number of nitrogens with zero attached hydrogens (tertiary/aromatic N) is 3. The van der Waals surface area contributed by atoms with Crippen LogP contribution in [0, 0.1) is 0 Å². The molecule has 0 spiro atoms. The summed E-state index contributed by atoms with van der Waals surface area (Å²) in [6, 6.07) is 4.42. The normalized spacial score (nSPS) is 18.8. The van der Waals surface area contributed by atoms with Gasteiger partial charge < -0.3 is 5.32 Å². The Morgan fingerprint density at radius 3 is 3.05 bits per heavy atom. The summed E-state index contributed by atoms with van der Waals surface area (Å²) in [4.78, 5) is 13.3. The van der Waals surface area contributed by atoms with Crippen molar-refractivity contribution in [3.8, 4) is 0 Å². The van der Waals surface area contributed by atoms with Gasteiger partial charge in [-0.05, 0) is 37.4 Å². The largest absolute Gasteiger partial charge is 0.308 e. The minimum Gasteiger partial charge on any atom is -0.308 e. The van der Waals surface area contributed by atoms with Crippen LogP contribution < -0.4 is 5.32 Å². The minimum absolute atomic E-state index is 0.208. The lowest BCUT2D eigenvalue weighted by molar-refractivity contribution is 0.427. The Labute approximate surface area is 119 Å². The highest BCUT2D eigenvalue weighted by Crippen LogP contribution is 2.39. The first-order valence-electron chi connectivity index (χ1n) is 7.33. The summed E-state index contributed by atoms with van der Waals surface area (Å²) in [5.41, 5.74) is 3.63. The molecule has 2 aromatic rings. The van der Waals surface area contributed by atoms with Crippen molar-refractivity contribution < 1.29 is 0 Å². The molecular formula is C16H20N4. The zero-order valence-electron chi connectivity index (χ0n) is 11.8. The van der Waals surface area contributed by atoms with E-state index in [4.69, 9.17) is 0 Å². The number of rotatable bonds is 5. The molecule has 1 aliphatic rings. The highest BCUT2D eigenvalue weighted by Gasteiger charge is 2.32. The highest BCUT2D eigenvalue weighted by molar-refractivity contribution is 5.31. The fourth-order valence-electron chi connectivity index (χ4n) is 2.99. The summed E-state index contributed by atoms with van der Waals surface area (Å²) in [6.45, 7) is 3.17. The average Bonchev–Trinajstić information content (AvgIpc) is 2.93. The van der Waals surface area contributed by atoms with Crippen molar-refractivity contribution in [2.24, 2.45) is 0 Å². The molecule has 4 nitrogen and oxygen atoms in total. The molecule has 2 aromatic heterocycles. The lowest BCUT2D eigenvalue weighted by Crippen LogP contribution is -2.28. The number of hydrogen-bond acceptors (Lipinski definition) is 4. The summed E-state index contributed by atoms with van der Waals surface area (Å²) in [5.74, 6) is 0.398. The van der Waals surface area contributed by atoms with Gasteiger partial charge in [-0.3, -0.25) is 15.0 Å². The van der Waals surface area contributed by atoms with E-state index in [0.717, 1.165) is 31.5 Å². The predicted molar refractivity (Wildman–Crippen MR) is 78.4 cm³/mol. The molecule has 2 atom stereocenters. The van der Waals surface area contributed by atoms with Crippen LogP contribution in [-0.4, -0.2) is 21.5 Å². The van der Waals surface area contributed by atoms with Gasteiger partial charge in [0.15, 0.2) is 0 Å². The molecule has 2 unspecified atom stereocenters. The first-order chi connectivity index (χ1) is 9.90. The lowest BCUT2D eigenvalue weighted by Gasteiger charge is -2.24. The molecule has 1 N–H and O–H groups in total. The summed E-state index contributed by atoms with van der Waals surface area (Å²) in [6.07, 6.45) is 10.6. The van der Waals surface area contributed by atoms with Crippen molar-refractivity contribution in [1.82, 2.24) is 20.3 Å². The van der Waals surface area contributed by atoms with E-state index in [0.29, 0.717) is 5.92 Å². The van der Waals surface area contributed by atoms with E-state index >= 15 is 0 Å².